The fourth-order valence-corrected chi connectivity index (χ4v) is 2.87. The molecule has 0 aromatic carbocycles. The fraction of sp³-hybridized carbons (Fsp3) is 0.857. The second-order valence-electron chi connectivity index (χ2n) is 6.98. The number of ketones is 1. The van der Waals surface area contributed by atoms with Crippen LogP contribution in [0.3, 0.4) is 0 Å². The molecular weight excluding hydrogens is 427 g/mol. The maximum absolute atomic E-state index is 12.6. The molecule has 30 heavy (non-hydrogen) atoms. The molecule has 1 amide bonds. The number of nitrogens with zero attached hydrogens (tertiary/aromatic N) is 2. The van der Waals surface area contributed by atoms with E-state index in [9.17, 15) is 14.4 Å². The van der Waals surface area contributed by atoms with Crippen molar-refractivity contribution >= 4 is 17.7 Å². The molecule has 1 radical (unpaired) electrons. The van der Waals surface area contributed by atoms with E-state index >= 15 is 0 Å². The Morgan fingerprint density at radius 2 is 1.53 bits per heavy atom. The number of carbonyl (C=O) groups excluding carboxylic acids is 2. The van der Waals surface area contributed by atoms with Gasteiger partial charge in [0, 0.05) is 49.9 Å². The third-order valence-corrected chi connectivity index (χ3v) is 4.54. The molecule has 0 aromatic heterocycles. The number of carboxylic acids is 1. The van der Waals surface area contributed by atoms with Gasteiger partial charge in [-0.2, -0.15) is 0 Å². The molecule has 1 aliphatic rings. The van der Waals surface area contributed by atoms with Crippen LogP contribution in [0.1, 0.15) is 59.8 Å². The topological polar surface area (TPSA) is 107 Å². The minimum absolute atomic E-state index is 0. The monoisotopic (exact) mass is 466 g/mol. The van der Waals surface area contributed by atoms with E-state index in [0.29, 0.717) is 26.4 Å². The molecule has 1 N–H and O–H groups in total. The number of aliphatic carboxylic acids is 1. The molecule has 0 aromatic rings. The summed E-state index contributed by atoms with van der Waals surface area (Å²) >= 11 is 0. The molecule has 0 bridgehead atoms. The normalized spacial score (nSPS) is 13.8. The van der Waals surface area contributed by atoms with Crippen molar-refractivity contribution in [3.8, 4) is 0 Å². The summed E-state index contributed by atoms with van der Waals surface area (Å²) in [6.07, 6.45) is 2.19. The van der Waals surface area contributed by atoms with E-state index in [1.54, 1.807) is 0 Å². The zero-order valence-electron chi connectivity index (χ0n) is 19.0. The third kappa shape index (κ3) is 15.0. The first-order valence-corrected chi connectivity index (χ1v) is 10.7. The van der Waals surface area contributed by atoms with Gasteiger partial charge in [0.15, 0.2) is 0 Å². The molecule has 8 nitrogen and oxygen atoms in total. The van der Waals surface area contributed by atoms with E-state index in [1.807, 2.05) is 32.6 Å². The van der Waals surface area contributed by atoms with Crippen molar-refractivity contribution in [3.05, 3.63) is 5.32 Å². The number of hydrogen-bond donors (Lipinski definition) is 1. The van der Waals surface area contributed by atoms with Gasteiger partial charge in [0.2, 0.25) is 5.91 Å². The molecule has 1 fully saturated rings. The van der Waals surface area contributed by atoms with E-state index in [4.69, 9.17) is 14.6 Å². The maximum atomic E-state index is 12.6. The van der Waals surface area contributed by atoms with Gasteiger partial charge in [-0.15, -0.1) is 13.1 Å². The molecule has 175 valence electrons. The van der Waals surface area contributed by atoms with Gasteiger partial charge in [-0.3, -0.25) is 14.4 Å². The Hall–Kier alpha value is -0.926. The van der Waals surface area contributed by atoms with Gasteiger partial charge in [-0.1, -0.05) is 40.5 Å². The van der Waals surface area contributed by atoms with E-state index in [-0.39, 0.29) is 68.1 Å². The number of ether oxygens (including phenoxy) is 2. The summed E-state index contributed by atoms with van der Waals surface area (Å²) in [6, 6.07) is 0.152. The summed E-state index contributed by atoms with van der Waals surface area (Å²) in [5.41, 5.74) is 0. The first-order valence-electron chi connectivity index (χ1n) is 10.7. The maximum Gasteiger partial charge on any atom is 0.305 e. The van der Waals surface area contributed by atoms with Crippen molar-refractivity contribution in [2.24, 2.45) is 5.92 Å². The molecule has 0 aliphatic carbocycles. The second-order valence-corrected chi connectivity index (χ2v) is 6.98. The molecule has 1 heterocycles. The molecule has 0 atom stereocenters. The standard InChI is InChI=1S/C19H33N2O6.C2H6.V/c1-15(2)17(22)3-4-18(23)21(16-5-8-20-9-6-16)10-12-27-14-13-26-11-7-19(24)25;1-2;/h15-16H,3-14H2,1-2H3,(H,24,25);1-2H3;/q-1;;. The quantitative estimate of drug-likeness (QED) is 0.395. The summed E-state index contributed by atoms with van der Waals surface area (Å²) in [7, 11) is 0. The molecule has 1 saturated heterocycles. The largest absolute Gasteiger partial charge is 0.662 e. The van der Waals surface area contributed by atoms with Gasteiger partial charge in [0.25, 0.3) is 0 Å². The third-order valence-electron chi connectivity index (χ3n) is 4.54. The van der Waals surface area contributed by atoms with Crippen LogP contribution >= 0.6 is 0 Å². The SMILES string of the molecule is CC.CC(C)C(=O)CCC(=O)N(CCOCCOCCC(=O)O)C1CC[N-]CC1.[V]. The number of carbonyl (C=O) groups is 3. The van der Waals surface area contributed by atoms with Crippen molar-refractivity contribution in [2.75, 3.05) is 46.1 Å². The Kier molecular flexibility index (Phi) is 20.8. The molecule has 0 unspecified atom stereocenters. The second kappa shape index (κ2) is 20.0. The van der Waals surface area contributed by atoms with Crippen LogP contribution in [0.5, 0.6) is 0 Å². The van der Waals surface area contributed by atoms with E-state index in [2.05, 4.69) is 5.32 Å². The minimum atomic E-state index is -0.889. The molecule has 1 aliphatic heterocycles. The summed E-state index contributed by atoms with van der Waals surface area (Å²) in [5, 5.41) is 12.9. The Bertz CT molecular complexity index is 470. The number of Topliss-reactive ketones (excluding diaryl/α,β-unsaturated/α-hetero) is 1. The van der Waals surface area contributed by atoms with Crippen LogP contribution in [0.4, 0.5) is 0 Å². The minimum Gasteiger partial charge on any atom is -0.662 e. The van der Waals surface area contributed by atoms with Crippen LogP contribution < -0.4 is 0 Å². The van der Waals surface area contributed by atoms with Crippen molar-refractivity contribution in [1.82, 2.24) is 4.90 Å². The van der Waals surface area contributed by atoms with Gasteiger partial charge in [-0.05, 0) is 0 Å². The Labute approximate surface area is 193 Å². The van der Waals surface area contributed by atoms with Crippen molar-refractivity contribution < 1.29 is 47.5 Å². The number of rotatable bonds is 14. The van der Waals surface area contributed by atoms with Gasteiger partial charge in [-0.25, -0.2) is 0 Å². The van der Waals surface area contributed by atoms with Gasteiger partial charge in [0.05, 0.1) is 32.8 Å². The predicted molar refractivity (Wildman–Crippen MR) is 112 cm³/mol. The summed E-state index contributed by atoms with van der Waals surface area (Å²) in [5.74, 6) is -0.835. The van der Waals surface area contributed by atoms with Crippen LogP contribution in [0.15, 0.2) is 0 Å². The van der Waals surface area contributed by atoms with Crippen LogP contribution in [0.2, 0.25) is 0 Å². The fourth-order valence-electron chi connectivity index (χ4n) is 2.87. The number of piperidine rings is 1. The number of carboxylic acid groups (broad SMARTS) is 1. The Balaban J connectivity index is 0. The van der Waals surface area contributed by atoms with Crippen molar-refractivity contribution in [2.45, 2.75) is 65.8 Å². The van der Waals surface area contributed by atoms with Crippen LogP contribution in [-0.2, 0) is 42.4 Å². The van der Waals surface area contributed by atoms with Gasteiger partial charge >= 0.3 is 5.97 Å². The molecule has 1 rings (SSSR count). The zero-order valence-corrected chi connectivity index (χ0v) is 20.4. The molecular formula is C21H39N2O6V-. The average molecular weight is 466 g/mol. The molecule has 0 spiro atoms. The predicted octanol–water partition coefficient (Wildman–Crippen LogP) is 2.89. The first-order chi connectivity index (χ1) is 13.9. The van der Waals surface area contributed by atoms with Crippen LogP contribution in [-0.4, -0.2) is 79.8 Å². The Morgan fingerprint density at radius 1 is 0.967 bits per heavy atom. The summed E-state index contributed by atoms with van der Waals surface area (Å²) < 4.78 is 10.7. The summed E-state index contributed by atoms with van der Waals surface area (Å²) in [4.78, 5) is 36.7. The Morgan fingerprint density at radius 3 is 2.07 bits per heavy atom. The van der Waals surface area contributed by atoms with Gasteiger partial charge < -0.3 is 24.8 Å². The zero-order chi connectivity index (χ0) is 22.1. The smallest absolute Gasteiger partial charge is 0.305 e. The number of amides is 1. The van der Waals surface area contributed by atoms with Crippen molar-refractivity contribution in [3.63, 3.8) is 0 Å². The first kappa shape index (κ1) is 31.3. The van der Waals surface area contributed by atoms with Crippen LogP contribution in [0.25, 0.3) is 5.32 Å². The van der Waals surface area contributed by atoms with E-state index in [0.717, 1.165) is 25.9 Å². The molecule has 9 heteroatoms. The average Bonchev–Trinajstić information content (AvgIpc) is 2.72. The molecule has 0 saturated carbocycles. The van der Waals surface area contributed by atoms with E-state index < -0.39 is 5.97 Å². The van der Waals surface area contributed by atoms with Crippen LogP contribution in [0, 0.1) is 5.92 Å². The van der Waals surface area contributed by atoms with Gasteiger partial charge in [0.1, 0.15) is 5.78 Å². The number of hydrogen-bond acceptors (Lipinski definition) is 5. The van der Waals surface area contributed by atoms with Crippen molar-refractivity contribution in [1.29, 1.82) is 0 Å². The summed E-state index contributed by atoms with van der Waals surface area (Å²) in [6.45, 7) is 10.9. The van der Waals surface area contributed by atoms with E-state index in [1.165, 1.54) is 0 Å².